The molecule has 1 fully saturated rings. The third-order valence-electron chi connectivity index (χ3n) is 3.58. The zero-order chi connectivity index (χ0) is 10.8. The number of hydrogen-bond donors (Lipinski definition) is 0. The molecule has 1 heteroatoms. The minimum Gasteiger partial charge on any atom is -0.306 e. The van der Waals surface area contributed by atoms with Crippen molar-refractivity contribution in [3.63, 3.8) is 0 Å². The van der Waals surface area contributed by atoms with Gasteiger partial charge in [-0.1, -0.05) is 19.4 Å². The summed E-state index contributed by atoms with van der Waals surface area (Å²) in [5.41, 5.74) is 1.78. The van der Waals surface area contributed by atoms with Gasteiger partial charge in [0.15, 0.2) is 0 Å². The third kappa shape index (κ3) is 3.13. The van der Waals surface area contributed by atoms with Gasteiger partial charge >= 0.3 is 0 Å². The van der Waals surface area contributed by atoms with Crippen molar-refractivity contribution in [3.8, 4) is 0 Å². The maximum atomic E-state index is 4.04. The first kappa shape index (κ1) is 11.8. The van der Waals surface area contributed by atoms with Crippen LogP contribution >= 0.6 is 0 Å². The summed E-state index contributed by atoms with van der Waals surface area (Å²) < 4.78 is 0. The second-order valence-corrected chi connectivity index (χ2v) is 5.70. The van der Waals surface area contributed by atoms with Crippen molar-refractivity contribution in [3.05, 3.63) is 12.2 Å². The van der Waals surface area contributed by atoms with Crippen LogP contribution in [0.25, 0.3) is 0 Å². The van der Waals surface area contributed by atoms with Crippen LogP contribution in [0.1, 0.15) is 40.0 Å². The lowest BCUT2D eigenvalue weighted by atomic mass is 9.70. The smallest absolute Gasteiger partial charge is 0.00189 e. The molecule has 0 aromatic carbocycles. The van der Waals surface area contributed by atoms with Gasteiger partial charge in [-0.05, 0) is 57.7 Å². The van der Waals surface area contributed by atoms with Crippen molar-refractivity contribution >= 4 is 0 Å². The highest BCUT2D eigenvalue weighted by Gasteiger charge is 2.31. The maximum absolute atomic E-state index is 4.04. The minimum absolute atomic E-state index is 0.451. The Balaban J connectivity index is 2.50. The van der Waals surface area contributed by atoms with E-state index in [2.05, 4.69) is 39.3 Å². The molecule has 0 bridgehead atoms. The summed E-state index contributed by atoms with van der Waals surface area (Å²) in [5.74, 6) is 0.885. The molecule has 1 saturated heterocycles. The summed E-state index contributed by atoms with van der Waals surface area (Å²) in [6.07, 6.45) is 3.90. The van der Waals surface area contributed by atoms with E-state index in [1.54, 1.807) is 0 Å². The second-order valence-electron chi connectivity index (χ2n) is 5.70. The lowest BCUT2D eigenvalue weighted by Gasteiger charge is -2.40. The van der Waals surface area contributed by atoms with Gasteiger partial charge in [-0.2, -0.15) is 0 Å². The topological polar surface area (TPSA) is 3.24 Å². The van der Waals surface area contributed by atoms with E-state index in [0.29, 0.717) is 5.41 Å². The first-order valence-electron chi connectivity index (χ1n) is 5.75. The first-order valence-corrected chi connectivity index (χ1v) is 5.75. The zero-order valence-electron chi connectivity index (χ0n) is 10.3. The molecule has 0 aliphatic carbocycles. The van der Waals surface area contributed by atoms with Crippen LogP contribution in [0.2, 0.25) is 0 Å². The molecule has 82 valence electrons. The SMILES string of the molecule is C=C(C)CC(C)(C)C1CCN(C)CC1. The van der Waals surface area contributed by atoms with Crippen LogP contribution in [-0.4, -0.2) is 25.0 Å². The summed E-state index contributed by atoms with van der Waals surface area (Å²) in [6, 6.07) is 0. The van der Waals surface area contributed by atoms with E-state index >= 15 is 0 Å². The van der Waals surface area contributed by atoms with Gasteiger partial charge in [0.05, 0.1) is 0 Å². The molecular weight excluding hydrogens is 170 g/mol. The van der Waals surface area contributed by atoms with Crippen molar-refractivity contribution < 1.29 is 0 Å². The lowest BCUT2D eigenvalue weighted by molar-refractivity contribution is 0.114. The summed E-state index contributed by atoms with van der Waals surface area (Å²) in [7, 11) is 2.22. The van der Waals surface area contributed by atoms with Crippen molar-refractivity contribution in [1.29, 1.82) is 0 Å². The van der Waals surface area contributed by atoms with Crippen LogP contribution in [0.4, 0.5) is 0 Å². The van der Waals surface area contributed by atoms with E-state index in [-0.39, 0.29) is 0 Å². The molecule has 0 aromatic heterocycles. The molecule has 1 nitrogen and oxygen atoms in total. The maximum Gasteiger partial charge on any atom is -0.00189 e. The van der Waals surface area contributed by atoms with Crippen LogP contribution in [-0.2, 0) is 0 Å². The molecule has 0 radical (unpaired) electrons. The monoisotopic (exact) mass is 195 g/mol. The Morgan fingerprint density at radius 3 is 2.29 bits per heavy atom. The molecule has 0 N–H and O–H groups in total. The average Bonchev–Trinajstić information content (AvgIpc) is 2.02. The van der Waals surface area contributed by atoms with Crippen molar-refractivity contribution in [2.45, 2.75) is 40.0 Å². The number of likely N-dealkylation sites (tertiary alicyclic amines) is 1. The van der Waals surface area contributed by atoms with Crippen LogP contribution < -0.4 is 0 Å². The molecule has 1 aliphatic heterocycles. The van der Waals surface area contributed by atoms with Gasteiger partial charge in [0, 0.05) is 0 Å². The van der Waals surface area contributed by atoms with E-state index in [4.69, 9.17) is 0 Å². The molecule has 0 saturated carbocycles. The summed E-state index contributed by atoms with van der Waals surface area (Å²) >= 11 is 0. The molecule has 0 aromatic rings. The van der Waals surface area contributed by atoms with Gasteiger partial charge in [-0.15, -0.1) is 6.58 Å². The van der Waals surface area contributed by atoms with Crippen molar-refractivity contribution in [1.82, 2.24) is 4.90 Å². The Bertz CT molecular complexity index is 197. The zero-order valence-corrected chi connectivity index (χ0v) is 10.3. The predicted molar refractivity (Wildman–Crippen MR) is 63.4 cm³/mol. The van der Waals surface area contributed by atoms with Gasteiger partial charge in [0.1, 0.15) is 0 Å². The van der Waals surface area contributed by atoms with E-state index in [9.17, 15) is 0 Å². The molecule has 14 heavy (non-hydrogen) atoms. The normalized spacial score (nSPS) is 21.1. The number of nitrogens with zero attached hydrogens (tertiary/aromatic N) is 1. The fraction of sp³-hybridized carbons (Fsp3) is 0.846. The highest BCUT2D eigenvalue weighted by atomic mass is 15.1. The van der Waals surface area contributed by atoms with E-state index in [1.165, 1.54) is 37.9 Å². The highest BCUT2D eigenvalue weighted by Crippen LogP contribution is 2.39. The van der Waals surface area contributed by atoms with E-state index in [1.807, 2.05) is 0 Å². The Hall–Kier alpha value is -0.300. The Kier molecular flexibility index (Phi) is 3.77. The Morgan fingerprint density at radius 1 is 1.36 bits per heavy atom. The summed E-state index contributed by atoms with van der Waals surface area (Å²) in [6.45, 7) is 13.5. The van der Waals surface area contributed by atoms with Crippen molar-refractivity contribution in [2.24, 2.45) is 11.3 Å². The molecular formula is C13H25N. The fourth-order valence-electron chi connectivity index (χ4n) is 2.71. The summed E-state index contributed by atoms with van der Waals surface area (Å²) in [5, 5.41) is 0. The number of allylic oxidation sites excluding steroid dienone is 1. The van der Waals surface area contributed by atoms with E-state index in [0.717, 1.165) is 5.92 Å². The molecule has 0 atom stereocenters. The lowest BCUT2D eigenvalue weighted by Crippen LogP contribution is -2.36. The van der Waals surface area contributed by atoms with Gasteiger partial charge in [0.2, 0.25) is 0 Å². The Labute approximate surface area is 89.2 Å². The molecule has 0 spiro atoms. The van der Waals surface area contributed by atoms with Crippen LogP contribution in [0, 0.1) is 11.3 Å². The van der Waals surface area contributed by atoms with Gasteiger partial charge in [-0.25, -0.2) is 0 Å². The van der Waals surface area contributed by atoms with Crippen LogP contribution in [0.15, 0.2) is 12.2 Å². The largest absolute Gasteiger partial charge is 0.306 e. The molecule has 1 aliphatic rings. The molecule has 1 rings (SSSR count). The number of piperidine rings is 1. The van der Waals surface area contributed by atoms with Crippen molar-refractivity contribution in [2.75, 3.05) is 20.1 Å². The summed E-state index contributed by atoms with van der Waals surface area (Å²) in [4.78, 5) is 2.44. The predicted octanol–water partition coefficient (Wildman–Crippen LogP) is 3.32. The molecule has 0 unspecified atom stereocenters. The van der Waals surface area contributed by atoms with Crippen LogP contribution in [0.3, 0.4) is 0 Å². The minimum atomic E-state index is 0.451. The third-order valence-corrected chi connectivity index (χ3v) is 3.58. The fourth-order valence-corrected chi connectivity index (χ4v) is 2.71. The van der Waals surface area contributed by atoms with E-state index < -0.39 is 0 Å². The first-order chi connectivity index (χ1) is 6.42. The number of rotatable bonds is 3. The quantitative estimate of drug-likeness (QED) is 0.624. The average molecular weight is 195 g/mol. The van der Waals surface area contributed by atoms with Gasteiger partial charge in [-0.3, -0.25) is 0 Å². The standard InChI is InChI=1S/C13H25N/c1-11(2)10-13(3,4)12-6-8-14(5)9-7-12/h12H,1,6-10H2,2-5H3. The second kappa shape index (κ2) is 4.48. The Morgan fingerprint density at radius 2 is 1.86 bits per heavy atom. The van der Waals surface area contributed by atoms with Crippen LogP contribution in [0.5, 0.6) is 0 Å². The van der Waals surface area contributed by atoms with Gasteiger partial charge in [0.25, 0.3) is 0 Å². The van der Waals surface area contributed by atoms with Gasteiger partial charge < -0.3 is 4.90 Å². The number of hydrogen-bond acceptors (Lipinski definition) is 1. The highest BCUT2D eigenvalue weighted by molar-refractivity contribution is 4.96. The molecule has 0 amide bonds. The molecule has 1 heterocycles.